The Labute approximate surface area is 126 Å². The lowest BCUT2D eigenvalue weighted by atomic mass is 9.76. The van der Waals surface area contributed by atoms with Crippen molar-refractivity contribution in [2.24, 2.45) is 4.99 Å². The van der Waals surface area contributed by atoms with Crippen molar-refractivity contribution in [3.05, 3.63) is 35.9 Å². The van der Waals surface area contributed by atoms with Crippen LogP contribution in [0.1, 0.15) is 63.9 Å². The van der Waals surface area contributed by atoms with Gasteiger partial charge in [-0.15, -0.1) is 0 Å². The number of benzene rings is 1. The third-order valence-electron chi connectivity index (χ3n) is 4.64. The second-order valence-electron chi connectivity index (χ2n) is 6.48. The van der Waals surface area contributed by atoms with Gasteiger partial charge in [0.2, 0.25) is 5.90 Å². The summed E-state index contributed by atoms with van der Waals surface area (Å²) < 4.78 is 20.9. The van der Waals surface area contributed by atoms with Gasteiger partial charge < -0.3 is 4.74 Å². The van der Waals surface area contributed by atoms with Gasteiger partial charge in [0.05, 0.1) is 5.54 Å². The predicted octanol–water partition coefficient (Wildman–Crippen LogP) is 5.02. The van der Waals surface area contributed by atoms with Crippen molar-refractivity contribution in [2.45, 2.75) is 69.7 Å². The van der Waals surface area contributed by atoms with Crippen LogP contribution < -0.4 is 0 Å². The van der Waals surface area contributed by atoms with E-state index in [0.29, 0.717) is 18.7 Å². The molecule has 3 rings (SSSR count). The molecule has 1 aromatic rings. The lowest BCUT2D eigenvalue weighted by molar-refractivity contribution is -0.116. The van der Waals surface area contributed by atoms with E-state index in [1.54, 1.807) is 0 Å². The molecule has 2 aliphatic rings. The zero-order valence-electron chi connectivity index (χ0n) is 12.8. The number of halogens is 1. The van der Waals surface area contributed by atoms with Gasteiger partial charge in [0.1, 0.15) is 0 Å². The van der Waals surface area contributed by atoms with Crippen LogP contribution in [0, 0.1) is 0 Å². The zero-order chi connectivity index (χ0) is 14.8. The average molecular weight is 289 g/mol. The molecule has 1 unspecified atom stereocenters. The number of ether oxygens (including phenoxy) is 1. The fourth-order valence-electron chi connectivity index (χ4n) is 3.69. The molecule has 1 aliphatic carbocycles. The number of hydrogen-bond acceptors (Lipinski definition) is 2. The highest BCUT2D eigenvalue weighted by Crippen LogP contribution is 2.45. The van der Waals surface area contributed by atoms with Crippen LogP contribution in [0.5, 0.6) is 0 Å². The van der Waals surface area contributed by atoms with E-state index in [-0.39, 0.29) is 5.54 Å². The molecule has 114 valence electrons. The van der Waals surface area contributed by atoms with Crippen LogP contribution >= 0.6 is 0 Å². The number of alkyl halides is 1. The van der Waals surface area contributed by atoms with Gasteiger partial charge in [-0.3, -0.25) is 0 Å². The van der Waals surface area contributed by atoms with Gasteiger partial charge in [-0.25, -0.2) is 4.99 Å². The molecule has 0 aromatic heterocycles. The van der Waals surface area contributed by atoms with Crippen LogP contribution in [0.15, 0.2) is 35.3 Å². The van der Waals surface area contributed by atoms with Crippen molar-refractivity contribution >= 4 is 5.90 Å². The maximum Gasteiger partial charge on any atom is 0.252 e. The highest BCUT2D eigenvalue weighted by molar-refractivity contribution is 5.95. The molecular weight excluding hydrogens is 265 g/mol. The molecule has 0 radical (unpaired) electrons. The summed E-state index contributed by atoms with van der Waals surface area (Å²) in [5.41, 5.74) is 0.645. The van der Waals surface area contributed by atoms with Gasteiger partial charge in [-0.05, 0) is 31.4 Å². The topological polar surface area (TPSA) is 21.6 Å². The molecule has 21 heavy (non-hydrogen) atoms. The van der Waals surface area contributed by atoms with Crippen molar-refractivity contribution < 1.29 is 9.13 Å². The first-order chi connectivity index (χ1) is 10.1. The lowest BCUT2D eigenvalue weighted by Crippen LogP contribution is -2.47. The number of aliphatic imine (C=N–C) groups is 1. The Balaban J connectivity index is 1.96. The van der Waals surface area contributed by atoms with Gasteiger partial charge >= 0.3 is 0 Å². The number of rotatable bonds is 3. The van der Waals surface area contributed by atoms with Crippen molar-refractivity contribution in [2.75, 3.05) is 0 Å². The molecule has 3 heteroatoms. The molecule has 0 saturated heterocycles. The van der Waals surface area contributed by atoms with Gasteiger partial charge in [0.25, 0.3) is 5.85 Å². The number of hydrogen-bond donors (Lipinski definition) is 0. The van der Waals surface area contributed by atoms with Gasteiger partial charge in [0.15, 0.2) is 0 Å². The number of nitrogens with zero attached hydrogens (tertiary/aromatic N) is 1. The second kappa shape index (κ2) is 5.78. The normalized spacial score (nSPS) is 28.0. The molecule has 1 fully saturated rings. The van der Waals surface area contributed by atoms with Crippen LogP contribution in [-0.4, -0.2) is 17.3 Å². The minimum atomic E-state index is -1.56. The Bertz CT molecular complexity index is 507. The van der Waals surface area contributed by atoms with Gasteiger partial charge in [0, 0.05) is 18.4 Å². The smallest absolute Gasteiger partial charge is 0.252 e. The minimum absolute atomic E-state index is 0.244. The standard InChI is InChI=1S/C18H24FNO/c1-2-11-18(19)14-17(12-7-4-8-13-17)20-16(21-18)15-9-5-3-6-10-15/h3,5-6,9-10H,2,4,7-8,11-14H2,1H3. The van der Waals surface area contributed by atoms with Gasteiger partial charge in [-0.2, -0.15) is 4.39 Å². The highest BCUT2D eigenvalue weighted by atomic mass is 19.2. The summed E-state index contributed by atoms with van der Waals surface area (Å²) >= 11 is 0. The maximum atomic E-state index is 15.2. The van der Waals surface area contributed by atoms with E-state index in [9.17, 15) is 0 Å². The molecule has 1 saturated carbocycles. The van der Waals surface area contributed by atoms with Crippen LogP contribution in [0.3, 0.4) is 0 Å². The molecule has 1 atom stereocenters. The Morgan fingerprint density at radius 1 is 1.14 bits per heavy atom. The van der Waals surface area contributed by atoms with E-state index in [0.717, 1.165) is 37.7 Å². The predicted molar refractivity (Wildman–Crippen MR) is 83.2 cm³/mol. The van der Waals surface area contributed by atoms with E-state index >= 15 is 4.39 Å². The molecule has 1 spiro atoms. The van der Waals surface area contributed by atoms with E-state index in [2.05, 4.69) is 0 Å². The molecule has 2 nitrogen and oxygen atoms in total. The Kier molecular flexibility index (Phi) is 4.01. The lowest BCUT2D eigenvalue weighted by Gasteiger charge is -2.43. The summed E-state index contributed by atoms with van der Waals surface area (Å²) in [5, 5.41) is 0. The molecule has 1 heterocycles. The molecule has 1 aromatic carbocycles. The van der Waals surface area contributed by atoms with E-state index in [1.807, 2.05) is 37.3 Å². The first-order valence-electron chi connectivity index (χ1n) is 8.18. The van der Waals surface area contributed by atoms with Crippen molar-refractivity contribution in [3.8, 4) is 0 Å². The Morgan fingerprint density at radius 3 is 2.52 bits per heavy atom. The Hall–Kier alpha value is -1.38. The van der Waals surface area contributed by atoms with E-state index in [4.69, 9.17) is 9.73 Å². The molecule has 0 amide bonds. The summed E-state index contributed by atoms with van der Waals surface area (Å²) in [6, 6.07) is 9.75. The quantitative estimate of drug-likeness (QED) is 0.765. The van der Waals surface area contributed by atoms with Crippen LogP contribution in [-0.2, 0) is 4.74 Å². The third-order valence-corrected chi connectivity index (χ3v) is 4.64. The Morgan fingerprint density at radius 2 is 1.86 bits per heavy atom. The van der Waals surface area contributed by atoms with Gasteiger partial charge in [-0.1, -0.05) is 44.4 Å². The molecule has 0 bridgehead atoms. The van der Waals surface area contributed by atoms with Crippen molar-refractivity contribution in [3.63, 3.8) is 0 Å². The highest BCUT2D eigenvalue weighted by Gasteiger charge is 2.48. The first-order valence-corrected chi connectivity index (χ1v) is 8.18. The average Bonchev–Trinajstić information content (AvgIpc) is 2.48. The van der Waals surface area contributed by atoms with E-state index in [1.165, 1.54) is 6.42 Å². The first kappa shape index (κ1) is 14.6. The third kappa shape index (κ3) is 3.12. The SMILES string of the molecule is CCCC1(F)CC2(CCCCC2)N=C(c2ccccc2)O1. The van der Waals surface area contributed by atoms with Crippen molar-refractivity contribution in [1.29, 1.82) is 0 Å². The summed E-state index contributed by atoms with van der Waals surface area (Å²) in [4.78, 5) is 4.88. The monoisotopic (exact) mass is 289 g/mol. The zero-order valence-corrected chi connectivity index (χ0v) is 12.8. The van der Waals surface area contributed by atoms with Crippen LogP contribution in [0.25, 0.3) is 0 Å². The molecular formula is C18H24FNO. The van der Waals surface area contributed by atoms with E-state index < -0.39 is 5.85 Å². The largest absolute Gasteiger partial charge is 0.440 e. The minimum Gasteiger partial charge on any atom is -0.440 e. The fourth-order valence-corrected chi connectivity index (χ4v) is 3.69. The fraction of sp³-hybridized carbons (Fsp3) is 0.611. The summed E-state index contributed by atoms with van der Waals surface area (Å²) in [5.74, 6) is -1.06. The van der Waals surface area contributed by atoms with Crippen LogP contribution in [0.2, 0.25) is 0 Å². The van der Waals surface area contributed by atoms with Crippen molar-refractivity contribution in [1.82, 2.24) is 0 Å². The summed E-state index contributed by atoms with van der Waals surface area (Å²) in [6.07, 6.45) is 7.16. The summed E-state index contributed by atoms with van der Waals surface area (Å²) in [7, 11) is 0. The maximum absolute atomic E-state index is 15.2. The molecule has 0 N–H and O–H groups in total. The molecule has 1 aliphatic heterocycles. The summed E-state index contributed by atoms with van der Waals surface area (Å²) in [6.45, 7) is 2.01. The second-order valence-corrected chi connectivity index (χ2v) is 6.48. The van der Waals surface area contributed by atoms with Crippen LogP contribution in [0.4, 0.5) is 4.39 Å².